The average Bonchev–Trinajstić information content (AvgIpc) is 2.87. The van der Waals surface area contributed by atoms with E-state index in [9.17, 15) is 0 Å². The molecule has 2 aromatic rings. The van der Waals surface area contributed by atoms with Gasteiger partial charge in [0.15, 0.2) is 0 Å². The summed E-state index contributed by atoms with van der Waals surface area (Å²) in [6, 6.07) is 6.32. The van der Waals surface area contributed by atoms with Crippen molar-refractivity contribution < 1.29 is 0 Å². The molecule has 1 heterocycles. The van der Waals surface area contributed by atoms with E-state index in [1.807, 2.05) is 0 Å². The predicted octanol–water partition coefficient (Wildman–Crippen LogP) is 4.41. The van der Waals surface area contributed by atoms with Crippen LogP contribution in [-0.4, -0.2) is 11.5 Å². The fourth-order valence-electron chi connectivity index (χ4n) is 1.91. The molecule has 0 saturated carbocycles. The number of hydrogen-bond acceptors (Lipinski definition) is 3. The Kier molecular flexibility index (Phi) is 5.13. The number of thiazole rings is 1. The van der Waals surface area contributed by atoms with Gasteiger partial charge in [0.25, 0.3) is 0 Å². The lowest BCUT2D eigenvalue weighted by Gasteiger charge is -2.05. The first-order valence-electron chi connectivity index (χ1n) is 6.51. The maximum atomic E-state index is 5.65. The van der Waals surface area contributed by atoms with Crippen LogP contribution < -0.4 is 5.73 Å². The lowest BCUT2D eigenvalue weighted by Crippen LogP contribution is -2.11. The van der Waals surface area contributed by atoms with Crippen molar-refractivity contribution in [2.24, 2.45) is 11.7 Å². The van der Waals surface area contributed by atoms with Gasteiger partial charge in [-0.15, -0.1) is 11.3 Å². The molecule has 1 aromatic heterocycles. The molecule has 102 valence electrons. The molecule has 4 heteroatoms. The van der Waals surface area contributed by atoms with Crippen molar-refractivity contribution in [2.45, 2.75) is 26.7 Å². The SMILES string of the molecule is Cc1ccc(Br)cc1-c1csc(CCC(C)CN)n1. The van der Waals surface area contributed by atoms with Crippen molar-refractivity contribution in [2.75, 3.05) is 6.54 Å². The van der Waals surface area contributed by atoms with E-state index in [-0.39, 0.29) is 0 Å². The first-order chi connectivity index (χ1) is 9.10. The fraction of sp³-hybridized carbons (Fsp3) is 0.400. The van der Waals surface area contributed by atoms with Gasteiger partial charge in [0, 0.05) is 15.4 Å². The number of aryl methyl sites for hydroxylation is 2. The second kappa shape index (κ2) is 6.64. The first kappa shape index (κ1) is 14.7. The van der Waals surface area contributed by atoms with Crippen molar-refractivity contribution in [1.29, 1.82) is 0 Å². The monoisotopic (exact) mass is 338 g/mol. The molecule has 1 unspecified atom stereocenters. The van der Waals surface area contributed by atoms with Gasteiger partial charge in [0.2, 0.25) is 0 Å². The number of halogens is 1. The highest BCUT2D eigenvalue weighted by Gasteiger charge is 2.09. The maximum Gasteiger partial charge on any atom is 0.0932 e. The molecule has 2 N–H and O–H groups in total. The van der Waals surface area contributed by atoms with E-state index in [1.54, 1.807) is 11.3 Å². The van der Waals surface area contributed by atoms with Crippen molar-refractivity contribution in [3.63, 3.8) is 0 Å². The van der Waals surface area contributed by atoms with E-state index in [0.717, 1.165) is 29.6 Å². The van der Waals surface area contributed by atoms with E-state index >= 15 is 0 Å². The summed E-state index contributed by atoms with van der Waals surface area (Å²) in [5.41, 5.74) is 9.20. The standard InChI is InChI=1S/C15H19BrN2S/c1-10(8-17)3-6-15-18-14(9-19-15)13-7-12(16)5-4-11(13)2/h4-5,7,9-10H,3,6,8,17H2,1-2H3. The number of nitrogens with two attached hydrogens (primary N) is 1. The number of aromatic nitrogens is 1. The van der Waals surface area contributed by atoms with E-state index in [2.05, 4.69) is 53.4 Å². The molecule has 0 aliphatic heterocycles. The molecule has 0 aliphatic rings. The minimum atomic E-state index is 0.569. The maximum absolute atomic E-state index is 5.65. The summed E-state index contributed by atoms with van der Waals surface area (Å²) in [5.74, 6) is 0.569. The predicted molar refractivity (Wildman–Crippen MR) is 86.5 cm³/mol. The van der Waals surface area contributed by atoms with Crippen LogP contribution in [0.2, 0.25) is 0 Å². The van der Waals surface area contributed by atoms with Crippen molar-refractivity contribution >= 4 is 27.3 Å². The Morgan fingerprint density at radius 3 is 2.95 bits per heavy atom. The molecule has 0 aliphatic carbocycles. The molecule has 1 aromatic carbocycles. The van der Waals surface area contributed by atoms with Crippen LogP contribution in [0.25, 0.3) is 11.3 Å². The van der Waals surface area contributed by atoms with E-state index < -0.39 is 0 Å². The second-order valence-electron chi connectivity index (χ2n) is 4.97. The van der Waals surface area contributed by atoms with Crippen LogP contribution >= 0.6 is 27.3 Å². The molecule has 0 radical (unpaired) electrons. The van der Waals surface area contributed by atoms with Crippen LogP contribution in [0.4, 0.5) is 0 Å². The molecule has 0 saturated heterocycles. The van der Waals surface area contributed by atoms with E-state index in [1.165, 1.54) is 16.1 Å². The molecule has 1 atom stereocenters. The van der Waals surface area contributed by atoms with Gasteiger partial charge in [-0.2, -0.15) is 0 Å². The highest BCUT2D eigenvalue weighted by atomic mass is 79.9. The topological polar surface area (TPSA) is 38.9 Å². The molecule has 2 nitrogen and oxygen atoms in total. The Hall–Kier alpha value is -0.710. The Morgan fingerprint density at radius 2 is 2.21 bits per heavy atom. The fourth-order valence-corrected chi connectivity index (χ4v) is 3.08. The lowest BCUT2D eigenvalue weighted by atomic mass is 10.1. The van der Waals surface area contributed by atoms with Gasteiger partial charge in [-0.3, -0.25) is 0 Å². The third-order valence-corrected chi connectivity index (χ3v) is 4.68. The van der Waals surface area contributed by atoms with Crippen molar-refractivity contribution in [3.8, 4) is 11.3 Å². The summed E-state index contributed by atoms with van der Waals surface area (Å²) in [7, 11) is 0. The minimum Gasteiger partial charge on any atom is -0.330 e. The summed E-state index contributed by atoms with van der Waals surface area (Å²) >= 11 is 5.27. The van der Waals surface area contributed by atoms with Gasteiger partial charge >= 0.3 is 0 Å². The Balaban J connectivity index is 2.14. The molecular formula is C15H19BrN2S. The van der Waals surface area contributed by atoms with Gasteiger partial charge in [-0.25, -0.2) is 4.98 Å². The van der Waals surface area contributed by atoms with E-state index in [4.69, 9.17) is 10.7 Å². The summed E-state index contributed by atoms with van der Waals surface area (Å²) in [6.07, 6.45) is 2.14. The molecule has 0 bridgehead atoms. The van der Waals surface area contributed by atoms with Gasteiger partial charge in [-0.1, -0.05) is 28.9 Å². The lowest BCUT2D eigenvalue weighted by molar-refractivity contribution is 0.544. The van der Waals surface area contributed by atoms with Gasteiger partial charge < -0.3 is 5.73 Å². The third kappa shape index (κ3) is 3.88. The molecule has 0 amide bonds. The quantitative estimate of drug-likeness (QED) is 0.876. The van der Waals surface area contributed by atoms with Gasteiger partial charge in [-0.05, 0) is 49.9 Å². The summed E-state index contributed by atoms with van der Waals surface area (Å²) in [5, 5.41) is 3.35. The summed E-state index contributed by atoms with van der Waals surface area (Å²) in [6.45, 7) is 5.06. The number of nitrogens with zero attached hydrogens (tertiary/aromatic N) is 1. The van der Waals surface area contributed by atoms with Crippen LogP contribution in [0, 0.1) is 12.8 Å². The molecule has 0 fully saturated rings. The van der Waals surface area contributed by atoms with Gasteiger partial charge in [0.05, 0.1) is 10.7 Å². The molecule has 2 rings (SSSR count). The zero-order valence-corrected chi connectivity index (χ0v) is 13.7. The highest BCUT2D eigenvalue weighted by molar-refractivity contribution is 9.10. The smallest absolute Gasteiger partial charge is 0.0932 e. The molecular weight excluding hydrogens is 320 g/mol. The van der Waals surface area contributed by atoms with Crippen molar-refractivity contribution in [3.05, 3.63) is 38.6 Å². The number of rotatable bonds is 5. The van der Waals surface area contributed by atoms with Crippen LogP contribution in [0.1, 0.15) is 23.9 Å². The summed E-state index contributed by atoms with van der Waals surface area (Å²) in [4.78, 5) is 4.75. The Bertz CT molecular complexity index is 551. The van der Waals surface area contributed by atoms with Crippen molar-refractivity contribution in [1.82, 2.24) is 4.98 Å². The largest absolute Gasteiger partial charge is 0.330 e. The van der Waals surface area contributed by atoms with Crippen LogP contribution in [0.5, 0.6) is 0 Å². The van der Waals surface area contributed by atoms with Crippen LogP contribution in [0.15, 0.2) is 28.1 Å². The minimum absolute atomic E-state index is 0.569. The number of benzene rings is 1. The third-order valence-electron chi connectivity index (χ3n) is 3.28. The highest BCUT2D eigenvalue weighted by Crippen LogP contribution is 2.28. The molecule has 0 spiro atoms. The number of hydrogen-bond donors (Lipinski definition) is 1. The Labute approximate surface area is 127 Å². The molecule has 19 heavy (non-hydrogen) atoms. The summed E-state index contributed by atoms with van der Waals surface area (Å²) < 4.78 is 1.10. The zero-order chi connectivity index (χ0) is 13.8. The average molecular weight is 339 g/mol. The second-order valence-corrected chi connectivity index (χ2v) is 6.82. The first-order valence-corrected chi connectivity index (χ1v) is 8.18. The Morgan fingerprint density at radius 1 is 1.42 bits per heavy atom. The van der Waals surface area contributed by atoms with Crippen LogP contribution in [-0.2, 0) is 6.42 Å². The van der Waals surface area contributed by atoms with E-state index in [0.29, 0.717) is 5.92 Å². The van der Waals surface area contributed by atoms with Crippen LogP contribution in [0.3, 0.4) is 0 Å². The van der Waals surface area contributed by atoms with Gasteiger partial charge in [0.1, 0.15) is 0 Å². The normalized spacial score (nSPS) is 12.6. The zero-order valence-electron chi connectivity index (χ0n) is 11.3.